The number of likely N-dealkylation sites (tertiary alicyclic amines) is 1. The number of amides is 1. The lowest BCUT2D eigenvalue weighted by atomic mass is 9.70. The molecule has 5 nitrogen and oxygen atoms in total. The van der Waals surface area contributed by atoms with Crippen LogP contribution in [-0.4, -0.2) is 46.9 Å². The Kier molecular flexibility index (Phi) is 3.47. The van der Waals surface area contributed by atoms with Crippen LogP contribution in [0.3, 0.4) is 0 Å². The Bertz CT molecular complexity index is 301. The van der Waals surface area contributed by atoms with E-state index in [-0.39, 0.29) is 19.2 Å². The molecule has 0 spiro atoms. The molecule has 1 aliphatic heterocycles. The van der Waals surface area contributed by atoms with Gasteiger partial charge in [0.2, 0.25) is 0 Å². The van der Waals surface area contributed by atoms with Gasteiger partial charge in [-0.15, -0.1) is 0 Å². The third kappa shape index (κ3) is 2.90. The Morgan fingerprint density at radius 1 is 1.35 bits per heavy atom. The van der Waals surface area contributed by atoms with Gasteiger partial charge in [-0.25, -0.2) is 4.79 Å². The number of nitrogens with two attached hydrogens (primary N) is 1. The van der Waals surface area contributed by atoms with E-state index in [1.165, 1.54) is 4.90 Å². The maximum Gasteiger partial charge on any atom is 0.410 e. The Hall–Kier alpha value is -0.810. The molecule has 1 fully saturated rings. The summed E-state index contributed by atoms with van der Waals surface area (Å²) in [7, 11) is 0. The number of nitrogens with zero attached hydrogens (tertiary/aromatic N) is 1. The number of β-amino-alcohol motifs (C(OH)–C–C–N with tert-alkyl or cyclic N) is 1. The minimum atomic E-state index is -0.904. The number of carbonyl (C=O) groups is 1. The summed E-state index contributed by atoms with van der Waals surface area (Å²) >= 11 is 0. The number of carbonyl (C=O) groups excluding carboxylic acids is 1. The molecule has 1 saturated heterocycles. The lowest BCUT2D eigenvalue weighted by Gasteiger charge is -2.54. The highest BCUT2D eigenvalue weighted by Gasteiger charge is 2.53. The predicted octanol–water partition coefficient (Wildman–Crippen LogP) is 0.953. The quantitative estimate of drug-likeness (QED) is 0.758. The lowest BCUT2D eigenvalue weighted by Crippen LogP contribution is -2.71. The maximum absolute atomic E-state index is 11.7. The van der Waals surface area contributed by atoms with Crippen molar-refractivity contribution < 1.29 is 14.6 Å². The molecule has 1 aliphatic rings. The molecule has 0 radical (unpaired) electrons. The first-order chi connectivity index (χ1) is 7.51. The Morgan fingerprint density at radius 3 is 2.18 bits per heavy atom. The maximum atomic E-state index is 11.7. The standard InChI is InChI=1S/C12H24N2O3/c1-10(2,3)17-9(15)14-7-12(16,8-14)11(4,5)6-13/h16H,6-8,13H2,1-5H3. The van der Waals surface area contributed by atoms with Crippen LogP contribution in [0.1, 0.15) is 34.6 Å². The summed E-state index contributed by atoms with van der Waals surface area (Å²) in [4.78, 5) is 13.2. The normalized spacial score (nSPS) is 19.8. The van der Waals surface area contributed by atoms with Crippen molar-refractivity contribution >= 4 is 6.09 Å². The molecule has 0 aromatic carbocycles. The van der Waals surface area contributed by atoms with Gasteiger partial charge in [0.25, 0.3) is 0 Å². The van der Waals surface area contributed by atoms with Crippen LogP contribution < -0.4 is 5.73 Å². The molecule has 1 rings (SSSR count). The molecule has 1 amide bonds. The smallest absolute Gasteiger partial charge is 0.410 e. The van der Waals surface area contributed by atoms with Crippen molar-refractivity contribution in [1.82, 2.24) is 4.90 Å². The van der Waals surface area contributed by atoms with Gasteiger partial charge in [0.1, 0.15) is 11.2 Å². The zero-order valence-corrected chi connectivity index (χ0v) is 11.4. The van der Waals surface area contributed by atoms with Crippen LogP contribution in [0.5, 0.6) is 0 Å². The summed E-state index contributed by atoms with van der Waals surface area (Å²) in [5.74, 6) is 0. The van der Waals surface area contributed by atoms with Gasteiger partial charge in [-0.05, 0) is 20.8 Å². The van der Waals surface area contributed by atoms with E-state index in [1.54, 1.807) is 0 Å². The molecular formula is C12H24N2O3. The van der Waals surface area contributed by atoms with Crippen molar-refractivity contribution in [3.05, 3.63) is 0 Å². The molecule has 0 aromatic heterocycles. The zero-order chi connectivity index (χ0) is 13.5. The SMILES string of the molecule is CC(C)(C)OC(=O)N1CC(O)(C(C)(C)CN)C1. The minimum Gasteiger partial charge on any atom is -0.444 e. The van der Waals surface area contributed by atoms with Gasteiger partial charge in [-0.2, -0.15) is 0 Å². The fourth-order valence-corrected chi connectivity index (χ4v) is 1.66. The molecule has 0 bridgehead atoms. The van der Waals surface area contributed by atoms with Crippen LogP contribution >= 0.6 is 0 Å². The summed E-state index contributed by atoms with van der Waals surface area (Å²) in [5, 5.41) is 10.3. The predicted molar refractivity (Wildman–Crippen MR) is 65.6 cm³/mol. The van der Waals surface area contributed by atoms with Crippen molar-refractivity contribution in [2.24, 2.45) is 11.1 Å². The van der Waals surface area contributed by atoms with Crippen molar-refractivity contribution in [2.75, 3.05) is 19.6 Å². The van der Waals surface area contributed by atoms with Gasteiger partial charge in [0.15, 0.2) is 0 Å². The number of aliphatic hydroxyl groups is 1. The number of hydrogen-bond donors (Lipinski definition) is 2. The topological polar surface area (TPSA) is 75.8 Å². The van der Waals surface area contributed by atoms with Gasteiger partial charge in [-0.1, -0.05) is 13.8 Å². The average Bonchev–Trinajstić information content (AvgIpc) is 2.09. The van der Waals surface area contributed by atoms with Crippen molar-refractivity contribution in [3.8, 4) is 0 Å². The van der Waals surface area contributed by atoms with E-state index in [0.29, 0.717) is 6.54 Å². The Balaban J connectivity index is 2.54. The van der Waals surface area contributed by atoms with E-state index in [4.69, 9.17) is 10.5 Å². The molecule has 3 N–H and O–H groups in total. The molecule has 0 saturated carbocycles. The summed E-state index contributed by atoms with van der Waals surface area (Å²) in [6, 6.07) is 0. The minimum absolute atomic E-state index is 0.284. The number of hydrogen-bond acceptors (Lipinski definition) is 4. The molecule has 5 heteroatoms. The van der Waals surface area contributed by atoms with Crippen LogP contribution in [0.15, 0.2) is 0 Å². The third-order valence-corrected chi connectivity index (χ3v) is 3.33. The highest BCUT2D eigenvalue weighted by Crippen LogP contribution is 2.38. The van der Waals surface area contributed by atoms with Crippen molar-refractivity contribution in [2.45, 2.75) is 45.8 Å². The van der Waals surface area contributed by atoms with Crippen LogP contribution in [0.2, 0.25) is 0 Å². The van der Waals surface area contributed by atoms with Crippen LogP contribution in [-0.2, 0) is 4.74 Å². The van der Waals surface area contributed by atoms with Gasteiger partial charge in [-0.3, -0.25) is 0 Å². The monoisotopic (exact) mass is 244 g/mol. The number of ether oxygens (including phenoxy) is 1. The lowest BCUT2D eigenvalue weighted by molar-refractivity contribution is -0.159. The highest BCUT2D eigenvalue weighted by atomic mass is 16.6. The third-order valence-electron chi connectivity index (χ3n) is 3.33. The highest BCUT2D eigenvalue weighted by molar-refractivity contribution is 5.69. The van der Waals surface area contributed by atoms with Crippen molar-refractivity contribution in [1.29, 1.82) is 0 Å². The van der Waals surface area contributed by atoms with Crippen molar-refractivity contribution in [3.63, 3.8) is 0 Å². The molecule has 1 heterocycles. The zero-order valence-electron chi connectivity index (χ0n) is 11.4. The van der Waals surface area contributed by atoms with Gasteiger partial charge in [0.05, 0.1) is 13.1 Å². The van der Waals surface area contributed by atoms with Gasteiger partial charge < -0.3 is 20.5 Å². The number of rotatable bonds is 2. The van der Waals surface area contributed by atoms with Crippen LogP contribution in [0.4, 0.5) is 4.79 Å². The van der Waals surface area contributed by atoms with E-state index in [2.05, 4.69) is 0 Å². The van der Waals surface area contributed by atoms with E-state index in [1.807, 2.05) is 34.6 Å². The van der Waals surface area contributed by atoms with E-state index < -0.39 is 16.6 Å². The summed E-state index contributed by atoms with van der Waals surface area (Å²) in [5.41, 5.74) is 3.82. The second-order valence-corrected chi connectivity index (χ2v) is 6.46. The van der Waals surface area contributed by atoms with Crippen LogP contribution in [0.25, 0.3) is 0 Å². The van der Waals surface area contributed by atoms with Crippen LogP contribution in [0, 0.1) is 5.41 Å². The fraction of sp³-hybridized carbons (Fsp3) is 0.917. The summed E-state index contributed by atoms with van der Waals surface area (Å²) in [6.45, 7) is 10.2. The first-order valence-electron chi connectivity index (χ1n) is 5.91. The molecule has 0 aliphatic carbocycles. The first kappa shape index (κ1) is 14.3. The summed E-state index contributed by atoms with van der Waals surface area (Å²) in [6.07, 6.45) is -0.380. The molecule has 100 valence electrons. The average molecular weight is 244 g/mol. The molecule has 0 unspecified atom stereocenters. The molecule has 17 heavy (non-hydrogen) atoms. The first-order valence-corrected chi connectivity index (χ1v) is 5.91. The summed E-state index contributed by atoms with van der Waals surface area (Å²) < 4.78 is 5.23. The molecule has 0 aromatic rings. The molecule has 0 atom stereocenters. The fourth-order valence-electron chi connectivity index (χ4n) is 1.66. The van der Waals surface area contributed by atoms with Gasteiger partial charge in [0, 0.05) is 12.0 Å². The van der Waals surface area contributed by atoms with E-state index >= 15 is 0 Å². The second kappa shape index (κ2) is 4.14. The Morgan fingerprint density at radius 2 is 1.82 bits per heavy atom. The van der Waals surface area contributed by atoms with E-state index in [9.17, 15) is 9.90 Å². The van der Waals surface area contributed by atoms with E-state index in [0.717, 1.165) is 0 Å². The second-order valence-electron chi connectivity index (χ2n) is 6.46. The Labute approximate surface area is 103 Å². The largest absolute Gasteiger partial charge is 0.444 e. The molecular weight excluding hydrogens is 220 g/mol. The van der Waals surface area contributed by atoms with Gasteiger partial charge >= 0.3 is 6.09 Å².